The number of benzene rings is 2. The van der Waals surface area contributed by atoms with Gasteiger partial charge in [-0.15, -0.1) is 0 Å². The summed E-state index contributed by atoms with van der Waals surface area (Å²) in [6, 6.07) is 17.6. The molecule has 0 spiro atoms. The van der Waals surface area contributed by atoms with Gasteiger partial charge in [-0.05, 0) is 23.8 Å². The normalized spacial score (nSPS) is 10.9. The Morgan fingerprint density at radius 3 is 2.09 bits per heavy atom. The van der Waals surface area contributed by atoms with Gasteiger partial charge in [-0.3, -0.25) is 9.69 Å². The van der Waals surface area contributed by atoms with E-state index in [0.717, 1.165) is 6.08 Å². The maximum Gasteiger partial charge on any atom is 0.251 e. The minimum absolute atomic E-state index is 0.110. The van der Waals surface area contributed by atoms with E-state index in [0.29, 0.717) is 11.3 Å². The second-order valence-corrected chi connectivity index (χ2v) is 6.84. The number of anilines is 1. The highest BCUT2D eigenvalue weighted by Crippen LogP contribution is 2.17. The lowest BCUT2D eigenvalue weighted by atomic mass is 10.2. The van der Waals surface area contributed by atoms with Gasteiger partial charge in [0.25, 0.3) is 5.91 Å². The molecule has 0 saturated heterocycles. The van der Waals surface area contributed by atoms with Crippen LogP contribution in [0.5, 0.6) is 0 Å². The van der Waals surface area contributed by atoms with Crippen molar-refractivity contribution in [3.05, 3.63) is 78.9 Å². The molecule has 0 fully saturated rings. The van der Waals surface area contributed by atoms with Gasteiger partial charge in [-0.25, -0.2) is 8.42 Å². The van der Waals surface area contributed by atoms with Crippen LogP contribution >= 0.6 is 0 Å². The molecule has 0 heterocycles. The summed E-state index contributed by atoms with van der Waals surface area (Å²) in [6.07, 6.45) is 1.12. The lowest BCUT2D eigenvalue weighted by Crippen LogP contribution is -2.35. The van der Waals surface area contributed by atoms with Crippen molar-refractivity contribution in [1.82, 2.24) is 0 Å². The van der Waals surface area contributed by atoms with Crippen LogP contribution in [0.15, 0.2) is 73.3 Å². The van der Waals surface area contributed by atoms with E-state index in [9.17, 15) is 13.2 Å². The summed E-state index contributed by atoms with van der Waals surface area (Å²) in [7, 11) is -3.48. The van der Waals surface area contributed by atoms with E-state index in [-0.39, 0.29) is 11.6 Å². The second kappa shape index (κ2) is 7.04. The lowest BCUT2D eigenvalue weighted by Gasteiger charge is -2.21. The first kappa shape index (κ1) is 16.0. The van der Waals surface area contributed by atoms with Gasteiger partial charge in [0.05, 0.1) is 5.75 Å². The summed E-state index contributed by atoms with van der Waals surface area (Å²) in [5.74, 6) is -0.930. The quantitative estimate of drug-likeness (QED) is 0.770. The highest BCUT2D eigenvalue weighted by atomic mass is 32.2. The SMILES string of the molecule is C=CC(=O)N(CS(=O)(=O)Cc1ccccc1)c1ccccc1. The standard InChI is InChI=1S/C17H17NO3S/c1-2-17(19)18(16-11-7-4-8-12-16)14-22(20,21)13-15-9-5-3-6-10-15/h2-12H,1,13-14H2. The Morgan fingerprint density at radius 1 is 1.00 bits per heavy atom. The number of amides is 1. The van der Waals surface area contributed by atoms with Gasteiger partial charge in [0.15, 0.2) is 9.84 Å². The summed E-state index contributed by atoms with van der Waals surface area (Å²) in [5, 5.41) is 0. The van der Waals surface area contributed by atoms with Crippen LogP contribution < -0.4 is 4.90 Å². The van der Waals surface area contributed by atoms with E-state index in [1.54, 1.807) is 54.6 Å². The van der Waals surface area contributed by atoms with E-state index in [1.807, 2.05) is 6.07 Å². The number of carbonyl (C=O) groups excluding carboxylic acids is 1. The highest BCUT2D eigenvalue weighted by molar-refractivity contribution is 7.90. The third-order valence-corrected chi connectivity index (χ3v) is 4.49. The van der Waals surface area contributed by atoms with E-state index in [4.69, 9.17) is 0 Å². The Balaban J connectivity index is 2.23. The van der Waals surface area contributed by atoms with Crippen LogP contribution in [0.2, 0.25) is 0 Å². The molecule has 0 aliphatic heterocycles. The Kier molecular flexibility index (Phi) is 5.12. The number of rotatable bonds is 6. The molecule has 22 heavy (non-hydrogen) atoms. The highest BCUT2D eigenvalue weighted by Gasteiger charge is 2.21. The minimum Gasteiger partial charge on any atom is -0.294 e. The molecule has 5 heteroatoms. The van der Waals surface area contributed by atoms with Crippen molar-refractivity contribution in [3.63, 3.8) is 0 Å². The Hall–Kier alpha value is -2.40. The van der Waals surface area contributed by atoms with Gasteiger partial charge in [0, 0.05) is 5.69 Å². The molecule has 0 atom stereocenters. The van der Waals surface area contributed by atoms with Gasteiger partial charge in [0.2, 0.25) is 0 Å². The Labute approximate surface area is 130 Å². The first-order valence-electron chi connectivity index (χ1n) is 6.75. The van der Waals surface area contributed by atoms with Crippen molar-refractivity contribution >= 4 is 21.4 Å². The van der Waals surface area contributed by atoms with Crippen LogP contribution in [0.3, 0.4) is 0 Å². The zero-order chi connectivity index (χ0) is 16.0. The maximum atomic E-state index is 12.4. The molecule has 114 valence electrons. The average Bonchev–Trinajstić information content (AvgIpc) is 2.53. The molecule has 0 unspecified atom stereocenters. The topological polar surface area (TPSA) is 54.5 Å². The van der Waals surface area contributed by atoms with E-state index >= 15 is 0 Å². The molecule has 2 aromatic carbocycles. The third kappa shape index (κ3) is 4.30. The van der Waals surface area contributed by atoms with Crippen LogP contribution in [0.1, 0.15) is 5.56 Å². The molecular weight excluding hydrogens is 298 g/mol. The number of hydrogen-bond donors (Lipinski definition) is 0. The molecule has 0 N–H and O–H groups in total. The molecule has 0 aliphatic rings. The molecule has 0 saturated carbocycles. The van der Waals surface area contributed by atoms with Crippen molar-refractivity contribution in [2.24, 2.45) is 0 Å². The predicted molar refractivity (Wildman–Crippen MR) is 88.1 cm³/mol. The predicted octanol–water partition coefficient (Wildman–Crippen LogP) is 2.78. The molecular formula is C17H17NO3S. The fourth-order valence-corrected chi connectivity index (χ4v) is 3.52. The van der Waals surface area contributed by atoms with Crippen molar-refractivity contribution in [2.75, 3.05) is 10.8 Å². The van der Waals surface area contributed by atoms with E-state index < -0.39 is 15.7 Å². The summed E-state index contributed by atoms with van der Waals surface area (Å²) >= 11 is 0. The van der Waals surface area contributed by atoms with Crippen molar-refractivity contribution in [2.45, 2.75) is 5.75 Å². The van der Waals surface area contributed by atoms with Crippen LogP contribution in [0, 0.1) is 0 Å². The van der Waals surface area contributed by atoms with Crippen molar-refractivity contribution in [1.29, 1.82) is 0 Å². The average molecular weight is 315 g/mol. The Bertz CT molecular complexity index is 740. The molecule has 4 nitrogen and oxygen atoms in total. The lowest BCUT2D eigenvalue weighted by molar-refractivity contribution is -0.114. The number of carbonyl (C=O) groups is 1. The van der Waals surface area contributed by atoms with Gasteiger partial charge in [0.1, 0.15) is 5.88 Å². The number of para-hydroxylation sites is 1. The molecule has 0 aliphatic carbocycles. The van der Waals surface area contributed by atoms with Gasteiger partial charge in [-0.2, -0.15) is 0 Å². The molecule has 2 rings (SSSR count). The number of nitrogens with zero attached hydrogens (tertiary/aromatic N) is 1. The molecule has 0 aromatic heterocycles. The van der Waals surface area contributed by atoms with Crippen molar-refractivity contribution < 1.29 is 13.2 Å². The minimum atomic E-state index is -3.48. The molecule has 0 radical (unpaired) electrons. The number of hydrogen-bond acceptors (Lipinski definition) is 3. The second-order valence-electron chi connectivity index (χ2n) is 4.81. The van der Waals surface area contributed by atoms with Crippen LogP contribution in [-0.2, 0) is 20.4 Å². The first-order valence-corrected chi connectivity index (χ1v) is 8.57. The largest absolute Gasteiger partial charge is 0.294 e. The molecule has 0 bridgehead atoms. The van der Waals surface area contributed by atoms with Crippen LogP contribution in [0.4, 0.5) is 5.69 Å². The summed E-state index contributed by atoms with van der Waals surface area (Å²) in [5.41, 5.74) is 1.23. The first-order chi connectivity index (χ1) is 10.5. The summed E-state index contributed by atoms with van der Waals surface area (Å²) in [6.45, 7) is 3.43. The van der Waals surface area contributed by atoms with E-state index in [2.05, 4.69) is 6.58 Å². The molecule has 1 amide bonds. The molecule has 2 aromatic rings. The zero-order valence-corrected chi connectivity index (χ0v) is 12.9. The van der Waals surface area contributed by atoms with Gasteiger partial charge < -0.3 is 0 Å². The van der Waals surface area contributed by atoms with Gasteiger partial charge in [-0.1, -0.05) is 55.1 Å². The van der Waals surface area contributed by atoms with Gasteiger partial charge >= 0.3 is 0 Å². The van der Waals surface area contributed by atoms with Crippen LogP contribution in [0.25, 0.3) is 0 Å². The smallest absolute Gasteiger partial charge is 0.251 e. The number of sulfone groups is 1. The fourth-order valence-electron chi connectivity index (χ4n) is 2.05. The summed E-state index contributed by atoms with van der Waals surface area (Å²) < 4.78 is 24.8. The van der Waals surface area contributed by atoms with Crippen molar-refractivity contribution in [3.8, 4) is 0 Å². The van der Waals surface area contributed by atoms with E-state index in [1.165, 1.54) is 4.90 Å². The summed E-state index contributed by atoms with van der Waals surface area (Å²) in [4.78, 5) is 13.2. The monoisotopic (exact) mass is 315 g/mol. The van der Waals surface area contributed by atoms with Crippen LogP contribution in [-0.4, -0.2) is 20.2 Å². The Morgan fingerprint density at radius 2 is 1.55 bits per heavy atom. The third-order valence-electron chi connectivity index (χ3n) is 3.06. The zero-order valence-electron chi connectivity index (χ0n) is 12.1. The maximum absolute atomic E-state index is 12.4. The fraction of sp³-hybridized carbons (Fsp3) is 0.118.